The normalized spacial score (nSPS) is 11.8. The molecule has 0 saturated heterocycles. The number of benzene rings is 1. The Labute approximate surface area is 115 Å². The summed E-state index contributed by atoms with van der Waals surface area (Å²) in [6, 6.07) is 7.98. The van der Waals surface area contributed by atoms with E-state index in [1.807, 2.05) is 30.3 Å². The molecule has 19 heavy (non-hydrogen) atoms. The average molecular weight is 286 g/mol. The number of amides is 1. The zero-order valence-corrected chi connectivity index (χ0v) is 10.8. The first-order chi connectivity index (χ1) is 9.13. The zero-order valence-electron chi connectivity index (χ0n) is 9.91. The third kappa shape index (κ3) is 6.20. The number of nitrogens with one attached hydrogen (secondary N) is 2. The molecule has 0 aliphatic carbocycles. The van der Waals surface area contributed by atoms with Crippen LogP contribution in [-0.2, 0) is 25.3 Å². The molecule has 1 amide bonds. The zero-order chi connectivity index (χ0) is 14.1. The highest BCUT2D eigenvalue weighted by atomic mass is 32.1. The summed E-state index contributed by atoms with van der Waals surface area (Å²) < 4.78 is 3.93. The summed E-state index contributed by atoms with van der Waals surface area (Å²) in [4.78, 5) is 26.6. The van der Waals surface area contributed by atoms with Gasteiger partial charge in [0.15, 0.2) is 0 Å². The van der Waals surface area contributed by atoms with Gasteiger partial charge in [-0.15, -0.1) is 9.32 Å². The van der Waals surface area contributed by atoms with E-state index in [2.05, 4.69) is 33.0 Å². The Bertz CT molecular complexity index is 415. The molecule has 3 N–H and O–H groups in total. The van der Waals surface area contributed by atoms with Gasteiger partial charge in [0, 0.05) is 19.5 Å². The molecule has 1 aromatic carbocycles. The van der Waals surface area contributed by atoms with E-state index in [-0.39, 0.29) is 18.9 Å². The molecule has 0 unspecified atom stereocenters. The molecule has 0 heterocycles. The van der Waals surface area contributed by atoms with Crippen LogP contribution in [-0.4, -0.2) is 29.6 Å². The Morgan fingerprint density at radius 2 is 2.00 bits per heavy atom. The van der Waals surface area contributed by atoms with E-state index < -0.39 is 12.0 Å². The lowest BCUT2D eigenvalue weighted by Gasteiger charge is -2.13. The van der Waals surface area contributed by atoms with Crippen LogP contribution in [0.3, 0.4) is 0 Å². The quantitative estimate of drug-likeness (QED) is 0.234. The molecule has 1 aromatic rings. The molecule has 8 heteroatoms. The fraction of sp³-hybridized carbons (Fsp3) is 0.273. The number of thiol groups is 1. The van der Waals surface area contributed by atoms with E-state index in [4.69, 9.17) is 5.11 Å². The summed E-state index contributed by atoms with van der Waals surface area (Å²) in [7, 11) is 0. The van der Waals surface area contributed by atoms with Crippen molar-refractivity contribution in [3.63, 3.8) is 0 Å². The summed E-state index contributed by atoms with van der Waals surface area (Å²) >= 11 is 3.27. The molecule has 0 aliphatic heterocycles. The van der Waals surface area contributed by atoms with Crippen molar-refractivity contribution in [3.8, 4) is 0 Å². The van der Waals surface area contributed by atoms with Crippen LogP contribution in [0, 0.1) is 0 Å². The number of hydrogen-bond acceptors (Lipinski definition) is 6. The number of carbonyl (C=O) groups is 2. The minimum absolute atomic E-state index is 0.141. The van der Waals surface area contributed by atoms with Crippen LogP contribution in [0.25, 0.3) is 0 Å². The maximum Gasteiger partial charge on any atom is 0.325 e. The lowest BCUT2D eigenvalue weighted by Crippen LogP contribution is -2.46. The Balaban J connectivity index is 2.37. The summed E-state index contributed by atoms with van der Waals surface area (Å²) in [5.41, 5.74) is 2.92. The van der Waals surface area contributed by atoms with Crippen LogP contribution in [0.5, 0.6) is 0 Å². The van der Waals surface area contributed by atoms with Crippen molar-refractivity contribution in [2.24, 2.45) is 0 Å². The Kier molecular flexibility index (Phi) is 6.90. The van der Waals surface area contributed by atoms with E-state index in [0.717, 1.165) is 5.56 Å². The third-order valence-corrected chi connectivity index (χ3v) is 2.31. The fourth-order valence-electron chi connectivity index (χ4n) is 1.32. The van der Waals surface area contributed by atoms with Gasteiger partial charge < -0.3 is 10.4 Å². The van der Waals surface area contributed by atoms with Gasteiger partial charge in [0.25, 0.3) is 0 Å². The average Bonchev–Trinajstić information content (AvgIpc) is 2.39. The lowest BCUT2D eigenvalue weighted by molar-refractivity contribution is -0.251. The smallest absolute Gasteiger partial charge is 0.325 e. The van der Waals surface area contributed by atoms with Crippen molar-refractivity contribution in [3.05, 3.63) is 35.9 Å². The maximum absolute atomic E-state index is 11.6. The highest BCUT2D eigenvalue weighted by molar-refractivity contribution is 7.74. The van der Waals surface area contributed by atoms with E-state index in [1.165, 1.54) is 0 Å². The molecule has 0 radical (unpaired) electrons. The predicted molar refractivity (Wildman–Crippen MR) is 68.9 cm³/mol. The second kappa shape index (κ2) is 8.48. The van der Waals surface area contributed by atoms with Crippen molar-refractivity contribution in [2.45, 2.75) is 12.5 Å². The van der Waals surface area contributed by atoms with Crippen molar-refractivity contribution < 1.29 is 24.0 Å². The van der Waals surface area contributed by atoms with Gasteiger partial charge in [-0.05, 0) is 5.56 Å². The highest BCUT2D eigenvalue weighted by Crippen LogP contribution is 1.99. The first-order valence-electron chi connectivity index (χ1n) is 5.39. The first kappa shape index (κ1) is 15.4. The Morgan fingerprint density at radius 3 is 2.58 bits per heavy atom. The Hall–Kier alpha value is -1.61. The predicted octanol–water partition coefficient (Wildman–Crippen LogP) is 0.0961. The van der Waals surface area contributed by atoms with Gasteiger partial charge in [-0.3, -0.25) is 9.59 Å². The number of carbonyl (C=O) groups excluding carboxylic acids is 1. The minimum atomic E-state index is -1.19. The van der Waals surface area contributed by atoms with E-state index in [0.29, 0.717) is 0 Å². The van der Waals surface area contributed by atoms with Crippen LogP contribution < -0.4 is 10.8 Å². The van der Waals surface area contributed by atoms with Crippen molar-refractivity contribution in [2.75, 3.05) is 6.54 Å². The number of rotatable bonds is 8. The van der Waals surface area contributed by atoms with E-state index >= 15 is 0 Å². The van der Waals surface area contributed by atoms with Gasteiger partial charge in [0.2, 0.25) is 5.91 Å². The molecule has 0 spiro atoms. The third-order valence-electron chi connectivity index (χ3n) is 2.24. The summed E-state index contributed by atoms with van der Waals surface area (Å²) in [5, 5.41) is 11.3. The van der Waals surface area contributed by atoms with Gasteiger partial charge in [0.05, 0.1) is 6.42 Å². The van der Waals surface area contributed by atoms with Crippen molar-refractivity contribution in [1.29, 1.82) is 0 Å². The van der Waals surface area contributed by atoms with Gasteiger partial charge in [0.1, 0.15) is 6.04 Å². The molecule has 0 saturated carbocycles. The van der Waals surface area contributed by atoms with Crippen molar-refractivity contribution in [1.82, 2.24) is 10.8 Å². The van der Waals surface area contributed by atoms with Crippen LogP contribution in [0.15, 0.2) is 30.3 Å². The SMILES string of the molecule is O=C(Cc1ccccc1)NC[C@H](NOOS)C(=O)O. The molecule has 0 bridgehead atoms. The first-order valence-corrected chi connectivity index (χ1v) is 5.76. The van der Waals surface area contributed by atoms with Crippen LogP contribution in [0.4, 0.5) is 0 Å². The molecular formula is C11H14N2O5S. The topological polar surface area (TPSA) is 96.9 Å². The lowest BCUT2D eigenvalue weighted by atomic mass is 10.1. The largest absolute Gasteiger partial charge is 0.480 e. The molecule has 1 rings (SSSR count). The second-order valence-corrected chi connectivity index (χ2v) is 3.78. The number of carboxylic acids is 1. The second-order valence-electron chi connectivity index (χ2n) is 3.63. The van der Waals surface area contributed by atoms with Gasteiger partial charge in [-0.1, -0.05) is 30.3 Å². The van der Waals surface area contributed by atoms with Crippen molar-refractivity contribution >= 4 is 24.8 Å². The molecule has 7 nitrogen and oxygen atoms in total. The fourth-order valence-corrected chi connectivity index (χ4v) is 1.36. The van der Waals surface area contributed by atoms with Gasteiger partial charge >= 0.3 is 5.97 Å². The number of carboxylic acid groups (broad SMARTS) is 1. The van der Waals surface area contributed by atoms with E-state index in [1.54, 1.807) is 0 Å². The molecular weight excluding hydrogens is 272 g/mol. The van der Waals surface area contributed by atoms with Crippen LogP contribution in [0.1, 0.15) is 5.56 Å². The van der Waals surface area contributed by atoms with Gasteiger partial charge in [-0.2, -0.15) is 5.48 Å². The standard InChI is InChI=1S/C11H14N2O5S/c14-10(6-8-4-2-1-3-5-8)12-7-9(11(15)16)13-17-18-19/h1-5,9,13,19H,6-7H2,(H,12,14)(H,15,16)/t9-/m0/s1. The molecule has 0 aliphatic rings. The molecule has 0 aromatic heterocycles. The van der Waals surface area contributed by atoms with Crippen LogP contribution >= 0.6 is 12.9 Å². The van der Waals surface area contributed by atoms with Gasteiger partial charge in [-0.25, -0.2) is 0 Å². The molecule has 0 fully saturated rings. The molecule has 104 valence electrons. The van der Waals surface area contributed by atoms with Crippen LogP contribution in [0.2, 0.25) is 0 Å². The van der Waals surface area contributed by atoms with E-state index in [9.17, 15) is 9.59 Å². The summed E-state index contributed by atoms with van der Waals surface area (Å²) in [6.45, 7) is -0.141. The number of hydrogen-bond donors (Lipinski definition) is 4. The minimum Gasteiger partial charge on any atom is -0.480 e. The molecule has 1 atom stereocenters. The highest BCUT2D eigenvalue weighted by Gasteiger charge is 2.18. The number of aliphatic carboxylic acids is 1. The summed E-state index contributed by atoms with van der Waals surface area (Å²) in [6.07, 6.45) is 0.178. The monoisotopic (exact) mass is 286 g/mol. The Morgan fingerprint density at radius 1 is 1.32 bits per heavy atom. The maximum atomic E-state index is 11.6. The number of hydroxylamine groups is 1. The summed E-state index contributed by atoms with van der Waals surface area (Å²) in [5.74, 6) is -1.48.